The number of carbonyl (C=O) groups is 1. The van der Waals surface area contributed by atoms with Gasteiger partial charge in [0.2, 0.25) is 5.91 Å². The Morgan fingerprint density at radius 1 is 1.47 bits per heavy atom. The Balaban J connectivity index is 1.80. The van der Waals surface area contributed by atoms with Gasteiger partial charge < -0.3 is 9.73 Å². The van der Waals surface area contributed by atoms with Gasteiger partial charge in [0.15, 0.2) is 0 Å². The molecule has 1 N–H and O–H groups in total. The Morgan fingerprint density at radius 2 is 2.20 bits per heavy atom. The second-order valence-electron chi connectivity index (χ2n) is 4.21. The predicted octanol–water partition coefficient (Wildman–Crippen LogP) is 2.39. The fourth-order valence-electron chi connectivity index (χ4n) is 2.09. The summed E-state index contributed by atoms with van der Waals surface area (Å²) in [6.45, 7) is 2.42. The maximum atomic E-state index is 11.7. The summed E-state index contributed by atoms with van der Waals surface area (Å²) in [5.74, 6) is 2.14. The van der Waals surface area contributed by atoms with E-state index >= 15 is 0 Å². The molecule has 1 aromatic rings. The van der Waals surface area contributed by atoms with E-state index in [1.807, 2.05) is 19.1 Å². The van der Waals surface area contributed by atoms with Crippen LogP contribution in [0.2, 0.25) is 0 Å². The van der Waals surface area contributed by atoms with Gasteiger partial charge in [0.05, 0.1) is 6.54 Å². The van der Waals surface area contributed by atoms with E-state index in [4.69, 9.17) is 4.42 Å². The summed E-state index contributed by atoms with van der Waals surface area (Å²) in [6.07, 6.45) is 4.47. The van der Waals surface area contributed by atoms with Crippen molar-refractivity contribution >= 4 is 5.91 Å². The molecule has 15 heavy (non-hydrogen) atoms. The molecule has 1 aliphatic carbocycles. The van der Waals surface area contributed by atoms with Gasteiger partial charge in [-0.1, -0.05) is 12.8 Å². The fraction of sp³-hybridized carbons (Fsp3) is 0.583. The largest absolute Gasteiger partial charge is 0.465 e. The first-order chi connectivity index (χ1) is 7.25. The fourth-order valence-corrected chi connectivity index (χ4v) is 2.09. The molecule has 0 saturated heterocycles. The van der Waals surface area contributed by atoms with Crippen molar-refractivity contribution in [3.8, 4) is 0 Å². The number of amides is 1. The number of nitrogens with one attached hydrogen (secondary N) is 1. The van der Waals surface area contributed by atoms with Crippen LogP contribution in [0.4, 0.5) is 0 Å². The van der Waals surface area contributed by atoms with Crippen LogP contribution in [0.5, 0.6) is 0 Å². The Morgan fingerprint density at radius 3 is 2.80 bits per heavy atom. The number of rotatable bonds is 3. The summed E-state index contributed by atoms with van der Waals surface area (Å²) in [5, 5.41) is 2.92. The van der Waals surface area contributed by atoms with Gasteiger partial charge in [0.25, 0.3) is 0 Å². The van der Waals surface area contributed by atoms with Crippen LogP contribution in [-0.2, 0) is 11.3 Å². The predicted molar refractivity (Wildman–Crippen MR) is 57.2 cm³/mol. The van der Waals surface area contributed by atoms with Gasteiger partial charge in [-0.2, -0.15) is 0 Å². The quantitative estimate of drug-likeness (QED) is 0.827. The molecule has 0 radical (unpaired) electrons. The Bertz CT molecular complexity index is 337. The van der Waals surface area contributed by atoms with E-state index in [-0.39, 0.29) is 11.8 Å². The topological polar surface area (TPSA) is 42.2 Å². The van der Waals surface area contributed by atoms with Crippen molar-refractivity contribution in [1.82, 2.24) is 5.32 Å². The Hall–Kier alpha value is -1.25. The van der Waals surface area contributed by atoms with Gasteiger partial charge in [0.1, 0.15) is 11.5 Å². The summed E-state index contributed by atoms with van der Waals surface area (Å²) in [6, 6.07) is 3.82. The zero-order valence-corrected chi connectivity index (χ0v) is 9.08. The molecule has 1 saturated carbocycles. The molecule has 3 heteroatoms. The molecule has 82 valence electrons. The van der Waals surface area contributed by atoms with Gasteiger partial charge in [0, 0.05) is 5.92 Å². The summed E-state index contributed by atoms with van der Waals surface area (Å²) in [4.78, 5) is 11.7. The van der Waals surface area contributed by atoms with Crippen LogP contribution in [0.15, 0.2) is 16.5 Å². The Kier molecular flexibility index (Phi) is 3.09. The smallest absolute Gasteiger partial charge is 0.223 e. The molecule has 0 bridgehead atoms. The number of hydrogen-bond acceptors (Lipinski definition) is 2. The minimum Gasteiger partial charge on any atom is -0.465 e. The van der Waals surface area contributed by atoms with Gasteiger partial charge in [-0.15, -0.1) is 0 Å². The molecule has 0 spiro atoms. The summed E-state index contributed by atoms with van der Waals surface area (Å²) < 4.78 is 5.38. The van der Waals surface area contributed by atoms with E-state index in [9.17, 15) is 4.79 Å². The van der Waals surface area contributed by atoms with Crippen LogP contribution in [0.1, 0.15) is 37.2 Å². The van der Waals surface area contributed by atoms with Crippen LogP contribution in [0, 0.1) is 12.8 Å². The molecular formula is C12H17NO2. The number of aryl methyl sites for hydroxylation is 1. The zero-order chi connectivity index (χ0) is 10.7. The zero-order valence-electron chi connectivity index (χ0n) is 9.08. The number of furan rings is 1. The monoisotopic (exact) mass is 207 g/mol. The third-order valence-electron chi connectivity index (χ3n) is 2.96. The second kappa shape index (κ2) is 4.51. The highest BCUT2D eigenvalue weighted by molar-refractivity contribution is 5.78. The van der Waals surface area contributed by atoms with Gasteiger partial charge in [-0.3, -0.25) is 4.79 Å². The van der Waals surface area contributed by atoms with E-state index in [1.54, 1.807) is 0 Å². The summed E-state index contributed by atoms with van der Waals surface area (Å²) in [7, 11) is 0. The lowest BCUT2D eigenvalue weighted by Gasteiger charge is -2.08. The molecule has 0 unspecified atom stereocenters. The number of carbonyl (C=O) groups excluding carboxylic acids is 1. The average Bonchev–Trinajstić information content (AvgIpc) is 2.84. The van der Waals surface area contributed by atoms with Crippen molar-refractivity contribution in [3.05, 3.63) is 23.7 Å². The highest BCUT2D eigenvalue weighted by atomic mass is 16.3. The first-order valence-electron chi connectivity index (χ1n) is 5.59. The van der Waals surface area contributed by atoms with E-state index in [0.29, 0.717) is 6.54 Å². The minimum absolute atomic E-state index is 0.182. The summed E-state index contributed by atoms with van der Waals surface area (Å²) >= 11 is 0. The SMILES string of the molecule is Cc1ccc(CNC(=O)C2CCCC2)o1. The van der Waals surface area contributed by atoms with E-state index in [1.165, 1.54) is 12.8 Å². The maximum Gasteiger partial charge on any atom is 0.223 e. The van der Waals surface area contributed by atoms with E-state index < -0.39 is 0 Å². The molecule has 0 atom stereocenters. The molecule has 0 aromatic carbocycles. The first kappa shape index (κ1) is 10.3. The van der Waals surface area contributed by atoms with Crippen molar-refractivity contribution in [3.63, 3.8) is 0 Å². The van der Waals surface area contributed by atoms with Crippen molar-refractivity contribution in [1.29, 1.82) is 0 Å². The molecule has 0 aliphatic heterocycles. The van der Waals surface area contributed by atoms with E-state index in [0.717, 1.165) is 24.4 Å². The van der Waals surface area contributed by atoms with Crippen LogP contribution < -0.4 is 5.32 Å². The molecule has 2 rings (SSSR count). The lowest BCUT2D eigenvalue weighted by Crippen LogP contribution is -2.28. The third kappa shape index (κ3) is 2.61. The third-order valence-corrected chi connectivity index (χ3v) is 2.96. The van der Waals surface area contributed by atoms with Crippen LogP contribution in [0.25, 0.3) is 0 Å². The number of hydrogen-bond donors (Lipinski definition) is 1. The first-order valence-corrected chi connectivity index (χ1v) is 5.59. The van der Waals surface area contributed by atoms with E-state index in [2.05, 4.69) is 5.32 Å². The van der Waals surface area contributed by atoms with Gasteiger partial charge in [-0.05, 0) is 31.9 Å². The molecule has 3 nitrogen and oxygen atoms in total. The second-order valence-corrected chi connectivity index (χ2v) is 4.21. The standard InChI is InChI=1S/C12H17NO2/c1-9-6-7-11(15-9)8-13-12(14)10-4-2-3-5-10/h6-7,10H,2-5,8H2,1H3,(H,13,14). The lowest BCUT2D eigenvalue weighted by molar-refractivity contribution is -0.125. The molecule has 1 amide bonds. The van der Waals surface area contributed by atoms with Gasteiger partial charge in [-0.25, -0.2) is 0 Å². The van der Waals surface area contributed by atoms with Crippen LogP contribution >= 0.6 is 0 Å². The highest BCUT2D eigenvalue weighted by Crippen LogP contribution is 2.24. The van der Waals surface area contributed by atoms with Crippen molar-refractivity contribution in [2.45, 2.75) is 39.2 Å². The normalized spacial score (nSPS) is 16.9. The minimum atomic E-state index is 0.182. The average molecular weight is 207 g/mol. The van der Waals surface area contributed by atoms with Crippen LogP contribution in [0.3, 0.4) is 0 Å². The molecule has 1 fully saturated rings. The van der Waals surface area contributed by atoms with Crippen LogP contribution in [-0.4, -0.2) is 5.91 Å². The maximum absolute atomic E-state index is 11.7. The lowest BCUT2D eigenvalue weighted by atomic mass is 10.1. The molecule has 1 heterocycles. The van der Waals surface area contributed by atoms with Gasteiger partial charge >= 0.3 is 0 Å². The van der Waals surface area contributed by atoms with Crippen molar-refractivity contribution in [2.24, 2.45) is 5.92 Å². The van der Waals surface area contributed by atoms with Crippen molar-refractivity contribution < 1.29 is 9.21 Å². The Labute approximate surface area is 89.9 Å². The molecule has 1 aliphatic rings. The summed E-state index contributed by atoms with van der Waals surface area (Å²) in [5.41, 5.74) is 0. The highest BCUT2D eigenvalue weighted by Gasteiger charge is 2.22. The molecular weight excluding hydrogens is 190 g/mol. The van der Waals surface area contributed by atoms with Crippen molar-refractivity contribution in [2.75, 3.05) is 0 Å². The molecule has 1 aromatic heterocycles.